The molecule has 0 atom stereocenters. The average Bonchev–Trinajstić information content (AvgIpc) is 3.22. The number of carbonyl (C=O) groups is 1. The predicted octanol–water partition coefficient (Wildman–Crippen LogP) is 3.74. The molecule has 0 bridgehead atoms. The van der Waals surface area contributed by atoms with Crippen molar-refractivity contribution in [1.29, 1.82) is 0 Å². The zero-order valence-electron chi connectivity index (χ0n) is 15.1. The summed E-state index contributed by atoms with van der Waals surface area (Å²) in [4.78, 5) is 19.4. The lowest BCUT2D eigenvalue weighted by atomic mass is 10.1. The van der Waals surface area contributed by atoms with Gasteiger partial charge in [-0.15, -0.1) is 0 Å². The fraction of sp³-hybridized carbons (Fsp3) is 0.0952. The summed E-state index contributed by atoms with van der Waals surface area (Å²) in [5.74, 6) is 0.580. The van der Waals surface area contributed by atoms with Crippen molar-refractivity contribution in [3.63, 3.8) is 0 Å². The highest BCUT2D eigenvalue weighted by atomic mass is 16.1. The van der Waals surface area contributed by atoms with Crippen molar-refractivity contribution < 1.29 is 4.79 Å². The molecule has 1 amide bonds. The number of benzene rings is 2. The Balaban J connectivity index is 1.65. The van der Waals surface area contributed by atoms with Crippen LogP contribution >= 0.6 is 0 Å². The summed E-state index contributed by atoms with van der Waals surface area (Å²) in [5, 5.41) is 8.00. The van der Waals surface area contributed by atoms with E-state index in [4.69, 9.17) is 0 Å². The molecule has 0 radical (unpaired) electrons. The van der Waals surface area contributed by atoms with Gasteiger partial charge in [-0.1, -0.05) is 18.2 Å². The van der Waals surface area contributed by atoms with Gasteiger partial charge in [-0.05, 0) is 42.5 Å². The van der Waals surface area contributed by atoms with Crippen molar-refractivity contribution in [3.8, 4) is 5.69 Å². The zero-order valence-corrected chi connectivity index (χ0v) is 15.1. The molecule has 6 nitrogen and oxygen atoms in total. The molecule has 134 valence electrons. The molecule has 0 spiro atoms. The number of pyridine rings is 1. The SMILES string of the molecule is CN(C)c1cc(C(=O)Nc2ccc(-n3cccn3)cc2)c2ccccc2n1. The molecule has 2 aromatic heterocycles. The van der Waals surface area contributed by atoms with E-state index in [0.717, 1.165) is 28.1 Å². The molecule has 4 aromatic rings. The van der Waals surface area contributed by atoms with Crippen LogP contribution < -0.4 is 10.2 Å². The number of carbonyl (C=O) groups excluding carboxylic acids is 1. The Labute approximate surface area is 157 Å². The van der Waals surface area contributed by atoms with Gasteiger partial charge < -0.3 is 10.2 Å². The molecule has 1 N–H and O–H groups in total. The Morgan fingerprint density at radius 2 is 1.81 bits per heavy atom. The topological polar surface area (TPSA) is 63.1 Å². The number of hydrogen-bond acceptors (Lipinski definition) is 4. The minimum absolute atomic E-state index is 0.163. The zero-order chi connectivity index (χ0) is 18.8. The van der Waals surface area contributed by atoms with Gasteiger partial charge >= 0.3 is 0 Å². The summed E-state index contributed by atoms with van der Waals surface area (Å²) in [7, 11) is 3.82. The largest absolute Gasteiger partial charge is 0.363 e. The first-order valence-corrected chi connectivity index (χ1v) is 8.60. The van der Waals surface area contributed by atoms with Gasteiger partial charge in [0.2, 0.25) is 0 Å². The first-order valence-electron chi connectivity index (χ1n) is 8.60. The van der Waals surface area contributed by atoms with E-state index in [2.05, 4.69) is 15.4 Å². The summed E-state index contributed by atoms with van der Waals surface area (Å²) in [5.41, 5.74) is 3.05. The normalized spacial score (nSPS) is 10.7. The molecular weight excluding hydrogens is 338 g/mol. The standard InChI is InChI=1S/C21H19N5O/c1-25(2)20-14-18(17-6-3-4-7-19(17)24-20)21(27)23-15-8-10-16(11-9-15)26-13-5-12-22-26/h3-14H,1-2H3,(H,23,27). The number of rotatable bonds is 4. The molecular formula is C21H19N5O. The molecule has 0 aliphatic heterocycles. The fourth-order valence-corrected chi connectivity index (χ4v) is 2.90. The quantitative estimate of drug-likeness (QED) is 0.604. The molecule has 0 unspecified atom stereocenters. The van der Waals surface area contributed by atoms with E-state index in [1.165, 1.54) is 0 Å². The maximum atomic E-state index is 12.9. The second-order valence-electron chi connectivity index (χ2n) is 6.39. The van der Waals surface area contributed by atoms with Crippen LogP contribution in [0.15, 0.2) is 73.1 Å². The summed E-state index contributed by atoms with van der Waals surface area (Å²) in [6, 6.07) is 18.9. The highest BCUT2D eigenvalue weighted by Crippen LogP contribution is 2.23. The predicted molar refractivity (Wildman–Crippen MR) is 108 cm³/mol. The second-order valence-corrected chi connectivity index (χ2v) is 6.39. The van der Waals surface area contributed by atoms with Crippen LogP contribution in [0.1, 0.15) is 10.4 Å². The third kappa shape index (κ3) is 3.37. The van der Waals surface area contributed by atoms with Crippen LogP contribution in [0.25, 0.3) is 16.6 Å². The van der Waals surface area contributed by atoms with Crippen molar-refractivity contribution >= 4 is 28.3 Å². The summed E-state index contributed by atoms with van der Waals surface area (Å²) in [6.45, 7) is 0. The van der Waals surface area contributed by atoms with Gasteiger partial charge in [-0.3, -0.25) is 4.79 Å². The van der Waals surface area contributed by atoms with Crippen molar-refractivity contribution in [3.05, 3.63) is 78.6 Å². The van der Waals surface area contributed by atoms with Gasteiger partial charge in [0.05, 0.1) is 16.8 Å². The van der Waals surface area contributed by atoms with E-state index in [9.17, 15) is 4.79 Å². The Morgan fingerprint density at radius 1 is 1.04 bits per heavy atom. The molecule has 0 aliphatic rings. The summed E-state index contributed by atoms with van der Waals surface area (Å²) in [6.07, 6.45) is 3.60. The van der Waals surface area contributed by atoms with Gasteiger partial charge in [0, 0.05) is 37.6 Å². The van der Waals surface area contributed by atoms with Gasteiger partial charge in [0.1, 0.15) is 5.82 Å². The third-order valence-electron chi connectivity index (χ3n) is 4.30. The lowest BCUT2D eigenvalue weighted by Crippen LogP contribution is -2.16. The highest BCUT2D eigenvalue weighted by Gasteiger charge is 2.14. The average molecular weight is 357 g/mol. The lowest BCUT2D eigenvalue weighted by Gasteiger charge is -2.15. The summed E-state index contributed by atoms with van der Waals surface area (Å²) < 4.78 is 1.77. The van der Waals surface area contributed by atoms with Crippen molar-refractivity contribution in [1.82, 2.24) is 14.8 Å². The third-order valence-corrected chi connectivity index (χ3v) is 4.30. The van der Waals surface area contributed by atoms with E-state index in [-0.39, 0.29) is 5.91 Å². The first kappa shape index (κ1) is 16.8. The smallest absolute Gasteiger partial charge is 0.256 e. The molecule has 0 saturated heterocycles. The Hall–Kier alpha value is -3.67. The van der Waals surface area contributed by atoms with Crippen molar-refractivity contribution in [2.45, 2.75) is 0 Å². The molecule has 0 fully saturated rings. The van der Waals surface area contributed by atoms with Crippen LogP contribution in [0.4, 0.5) is 11.5 Å². The Kier molecular flexibility index (Phi) is 4.30. The van der Waals surface area contributed by atoms with Crippen molar-refractivity contribution in [2.75, 3.05) is 24.3 Å². The van der Waals surface area contributed by atoms with Gasteiger partial charge in [-0.25, -0.2) is 9.67 Å². The van der Waals surface area contributed by atoms with Crippen LogP contribution in [0.2, 0.25) is 0 Å². The minimum Gasteiger partial charge on any atom is -0.363 e. The Bertz CT molecular complexity index is 1090. The molecule has 27 heavy (non-hydrogen) atoms. The van der Waals surface area contributed by atoms with Crippen LogP contribution in [-0.4, -0.2) is 34.8 Å². The maximum absolute atomic E-state index is 12.9. The molecule has 0 aliphatic carbocycles. The number of aromatic nitrogens is 3. The van der Waals surface area contributed by atoms with Crippen LogP contribution in [0.5, 0.6) is 0 Å². The van der Waals surface area contributed by atoms with E-state index in [1.54, 1.807) is 10.9 Å². The molecule has 2 heterocycles. The number of anilines is 2. The number of para-hydroxylation sites is 1. The molecule has 0 saturated carbocycles. The first-order chi connectivity index (χ1) is 13.1. The second kappa shape index (κ2) is 6.92. The van der Waals surface area contributed by atoms with Crippen molar-refractivity contribution in [2.24, 2.45) is 0 Å². The Morgan fingerprint density at radius 3 is 2.52 bits per heavy atom. The van der Waals surface area contributed by atoms with E-state index >= 15 is 0 Å². The van der Waals surface area contributed by atoms with Crippen LogP contribution in [0.3, 0.4) is 0 Å². The fourth-order valence-electron chi connectivity index (χ4n) is 2.90. The molecule has 4 rings (SSSR count). The van der Waals surface area contributed by atoms with E-state index in [0.29, 0.717) is 5.56 Å². The number of fused-ring (bicyclic) bond motifs is 1. The number of nitrogens with zero attached hydrogens (tertiary/aromatic N) is 4. The lowest BCUT2D eigenvalue weighted by molar-refractivity contribution is 0.102. The van der Waals surface area contributed by atoms with E-state index < -0.39 is 0 Å². The van der Waals surface area contributed by atoms with Gasteiger partial charge in [0.15, 0.2) is 0 Å². The van der Waals surface area contributed by atoms with Gasteiger partial charge in [0.25, 0.3) is 5.91 Å². The van der Waals surface area contributed by atoms with Crippen LogP contribution in [-0.2, 0) is 0 Å². The monoisotopic (exact) mass is 357 g/mol. The maximum Gasteiger partial charge on any atom is 0.256 e. The number of hydrogen-bond donors (Lipinski definition) is 1. The van der Waals surface area contributed by atoms with Gasteiger partial charge in [-0.2, -0.15) is 5.10 Å². The highest BCUT2D eigenvalue weighted by molar-refractivity contribution is 6.13. The number of amides is 1. The molecule has 6 heteroatoms. The molecule has 2 aromatic carbocycles. The summed E-state index contributed by atoms with van der Waals surface area (Å²) >= 11 is 0. The minimum atomic E-state index is -0.163. The van der Waals surface area contributed by atoms with Crippen LogP contribution in [0, 0.1) is 0 Å². The van der Waals surface area contributed by atoms with E-state index in [1.807, 2.05) is 85.9 Å². The number of nitrogens with one attached hydrogen (secondary N) is 1.